The van der Waals surface area contributed by atoms with E-state index in [4.69, 9.17) is 0 Å². The van der Waals surface area contributed by atoms with Gasteiger partial charge in [-0.1, -0.05) is 12.1 Å². The molecular weight excluding hydrogens is 312 g/mol. The molecule has 1 aromatic heterocycles. The van der Waals surface area contributed by atoms with Gasteiger partial charge in [0.1, 0.15) is 17.5 Å². The van der Waals surface area contributed by atoms with Crippen LogP contribution in [0.2, 0.25) is 0 Å². The SMILES string of the molecule is O=C(Nc1ccc(Nc2ccc(F)cc2)cn1)c1ccccc1F. The Bertz CT molecular complexity index is 849. The highest BCUT2D eigenvalue weighted by atomic mass is 19.1. The number of nitrogens with zero attached hydrogens (tertiary/aromatic N) is 1. The zero-order chi connectivity index (χ0) is 16.9. The van der Waals surface area contributed by atoms with E-state index in [0.29, 0.717) is 17.2 Å². The number of nitrogens with one attached hydrogen (secondary N) is 2. The summed E-state index contributed by atoms with van der Waals surface area (Å²) in [5.41, 5.74) is 1.33. The monoisotopic (exact) mass is 325 g/mol. The first-order chi connectivity index (χ1) is 11.6. The summed E-state index contributed by atoms with van der Waals surface area (Å²) < 4.78 is 26.4. The molecule has 2 N–H and O–H groups in total. The van der Waals surface area contributed by atoms with E-state index in [0.717, 1.165) is 0 Å². The molecule has 24 heavy (non-hydrogen) atoms. The van der Waals surface area contributed by atoms with E-state index in [9.17, 15) is 13.6 Å². The molecule has 1 amide bonds. The van der Waals surface area contributed by atoms with E-state index in [1.54, 1.807) is 30.3 Å². The van der Waals surface area contributed by atoms with Gasteiger partial charge in [-0.05, 0) is 48.5 Å². The molecule has 0 saturated heterocycles. The number of aromatic nitrogens is 1. The maximum Gasteiger partial charge on any atom is 0.259 e. The van der Waals surface area contributed by atoms with Crippen LogP contribution in [0.1, 0.15) is 10.4 Å². The lowest BCUT2D eigenvalue weighted by Crippen LogP contribution is -2.14. The minimum Gasteiger partial charge on any atom is -0.354 e. The van der Waals surface area contributed by atoms with E-state index in [1.165, 1.54) is 36.5 Å². The lowest BCUT2D eigenvalue weighted by molar-refractivity contribution is 0.102. The molecule has 6 heteroatoms. The standard InChI is InChI=1S/C18H13F2N3O/c19-12-5-7-13(8-6-12)22-14-9-10-17(21-11-14)23-18(24)15-3-1-2-4-16(15)20/h1-11,22H,(H,21,23,24). The maximum absolute atomic E-state index is 13.6. The number of carbonyl (C=O) groups is 1. The number of amides is 1. The third-order valence-electron chi connectivity index (χ3n) is 3.26. The maximum atomic E-state index is 13.6. The molecule has 2 aromatic carbocycles. The molecule has 0 bridgehead atoms. The molecule has 0 unspecified atom stereocenters. The van der Waals surface area contributed by atoms with Crippen LogP contribution in [0.5, 0.6) is 0 Å². The van der Waals surface area contributed by atoms with Gasteiger partial charge in [0.25, 0.3) is 5.91 Å². The van der Waals surface area contributed by atoms with Gasteiger partial charge in [-0.15, -0.1) is 0 Å². The minimum atomic E-state index is -0.593. The molecule has 120 valence electrons. The highest BCUT2D eigenvalue weighted by Gasteiger charge is 2.11. The molecule has 4 nitrogen and oxygen atoms in total. The Morgan fingerprint density at radius 1 is 0.875 bits per heavy atom. The number of hydrogen-bond donors (Lipinski definition) is 2. The van der Waals surface area contributed by atoms with Crippen LogP contribution >= 0.6 is 0 Å². The van der Waals surface area contributed by atoms with Crippen molar-refractivity contribution < 1.29 is 13.6 Å². The second-order valence-corrected chi connectivity index (χ2v) is 5.00. The highest BCUT2D eigenvalue weighted by molar-refractivity contribution is 6.03. The average Bonchev–Trinajstić information content (AvgIpc) is 2.59. The van der Waals surface area contributed by atoms with Crippen molar-refractivity contribution in [1.29, 1.82) is 0 Å². The van der Waals surface area contributed by atoms with Crippen LogP contribution in [0.4, 0.5) is 26.0 Å². The van der Waals surface area contributed by atoms with Crippen LogP contribution in [0.15, 0.2) is 66.9 Å². The molecule has 0 aliphatic carbocycles. The van der Waals surface area contributed by atoms with E-state index >= 15 is 0 Å². The molecule has 0 radical (unpaired) electrons. The Labute approximate surface area is 137 Å². The van der Waals surface area contributed by atoms with E-state index < -0.39 is 11.7 Å². The van der Waals surface area contributed by atoms with Crippen LogP contribution in [0, 0.1) is 11.6 Å². The second-order valence-electron chi connectivity index (χ2n) is 5.00. The number of hydrogen-bond acceptors (Lipinski definition) is 3. The Morgan fingerprint density at radius 2 is 1.58 bits per heavy atom. The number of rotatable bonds is 4. The summed E-state index contributed by atoms with van der Waals surface area (Å²) in [5, 5.41) is 5.58. The second kappa shape index (κ2) is 6.87. The summed E-state index contributed by atoms with van der Waals surface area (Å²) in [6, 6.07) is 14.9. The van der Waals surface area contributed by atoms with Gasteiger partial charge in [0.05, 0.1) is 17.4 Å². The third kappa shape index (κ3) is 3.73. The molecule has 0 saturated carbocycles. The fraction of sp³-hybridized carbons (Fsp3) is 0. The number of carbonyl (C=O) groups excluding carboxylic acids is 1. The Balaban J connectivity index is 1.67. The fourth-order valence-electron chi connectivity index (χ4n) is 2.07. The van der Waals surface area contributed by atoms with Crippen LogP contribution in [0.3, 0.4) is 0 Å². The number of anilines is 3. The average molecular weight is 325 g/mol. The third-order valence-corrected chi connectivity index (χ3v) is 3.26. The first-order valence-electron chi connectivity index (χ1n) is 7.16. The van der Waals surface area contributed by atoms with Gasteiger partial charge in [-0.25, -0.2) is 13.8 Å². The van der Waals surface area contributed by atoms with E-state index in [1.807, 2.05) is 0 Å². The van der Waals surface area contributed by atoms with Crippen molar-refractivity contribution in [2.24, 2.45) is 0 Å². The first-order valence-corrected chi connectivity index (χ1v) is 7.16. The van der Waals surface area contributed by atoms with E-state index in [-0.39, 0.29) is 11.4 Å². The summed E-state index contributed by atoms with van der Waals surface area (Å²) >= 11 is 0. The van der Waals surface area contributed by atoms with Crippen molar-refractivity contribution >= 4 is 23.1 Å². The smallest absolute Gasteiger partial charge is 0.259 e. The van der Waals surface area contributed by atoms with Crippen molar-refractivity contribution in [3.63, 3.8) is 0 Å². The summed E-state index contributed by atoms with van der Waals surface area (Å²) in [7, 11) is 0. The first kappa shape index (κ1) is 15.6. The largest absolute Gasteiger partial charge is 0.354 e. The van der Waals surface area contributed by atoms with Gasteiger partial charge >= 0.3 is 0 Å². The molecule has 0 aliphatic rings. The Morgan fingerprint density at radius 3 is 2.25 bits per heavy atom. The fourth-order valence-corrected chi connectivity index (χ4v) is 2.07. The van der Waals surface area contributed by atoms with Crippen LogP contribution in [-0.2, 0) is 0 Å². The predicted octanol–water partition coefficient (Wildman–Crippen LogP) is 4.36. The number of pyridine rings is 1. The Kier molecular flexibility index (Phi) is 4.47. The molecule has 3 rings (SSSR count). The molecule has 0 spiro atoms. The summed E-state index contributed by atoms with van der Waals surface area (Å²) in [5.74, 6) is -1.18. The van der Waals surface area contributed by atoms with Gasteiger partial charge in [0, 0.05) is 5.69 Å². The lowest BCUT2D eigenvalue weighted by atomic mass is 10.2. The topological polar surface area (TPSA) is 54.0 Å². The summed E-state index contributed by atoms with van der Waals surface area (Å²) in [6.45, 7) is 0. The van der Waals surface area contributed by atoms with Crippen molar-refractivity contribution in [2.45, 2.75) is 0 Å². The molecule has 0 fully saturated rings. The van der Waals surface area contributed by atoms with Crippen LogP contribution < -0.4 is 10.6 Å². The van der Waals surface area contributed by atoms with Crippen molar-refractivity contribution in [1.82, 2.24) is 4.98 Å². The zero-order valence-electron chi connectivity index (χ0n) is 12.5. The molecule has 0 aliphatic heterocycles. The number of halogens is 2. The van der Waals surface area contributed by atoms with E-state index in [2.05, 4.69) is 15.6 Å². The zero-order valence-corrected chi connectivity index (χ0v) is 12.5. The minimum absolute atomic E-state index is 0.0483. The predicted molar refractivity (Wildman–Crippen MR) is 88.3 cm³/mol. The van der Waals surface area contributed by atoms with Gasteiger partial charge in [0.15, 0.2) is 0 Å². The lowest BCUT2D eigenvalue weighted by Gasteiger charge is -2.08. The number of benzene rings is 2. The normalized spacial score (nSPS) is 10.2. The van der Waals surface area contributed by atoms with Gasteiger partial charge < -0.3 is 10.6 Å². The van der Waals surface area contributed by atoms with Crippen LogP contribution in [-0.4, -0.2) is 10.9 Å². The molecule has 0 atom stereocenters. The highest BCUT2D eigenvalue weighted by Crippen LogP contribution is 2.18. The van der Waals surface area contributed by atoms with Crippen molar-refractivity contribution in [3.8, 4) is 0 Å². The van der Waals surface area contributed by atoms with Gasteiger partial charge in [-0.2, -0.15) is 0 Å². The quantitative estimate of drug-likeness (QED) is 0.749. The Hall–Kier alpha value is -3.28. The molecule has 3 aromatic rings. The van der Waals surface area contributed by atoms with Gasteiger partial charge in [0.2, 0.25) is 0 Å². The summed E-state index contributed by atoms with van der Waals surface area (Å²) in [4.78, 5) is 16.1. The summed E-state index contributed by atoms with van der Waals surface area (Å²) in [6.07, 6.45) is 1.51. The molecular formula is C18H13F2N3O. The van der Waals surface area contributed by atoms with Crippen molar-refractivity contribution in [3.05, 3.63) is 84.1 Å². The van der Waals surface area contributed by atoms with Crippen molar-refractivity contribution in [2.75, 3.05) is 10.6 Å². The molecule has 1 heterocycles. The van der Waals surface area contributed by atoms with Gasteiger partial charge in [-0.3, -0.25) is 4.79 Å². The van der Waals surface area contributed by atoms with Crippen LogP contribution in [0.25, 0.3) is 0 Å².